The van der Waals surface area contributed by atoms with Crippen molar-refractivity contribution in [2.45, 2.75) is 34.8 Å². The summed E-state index contributed by atoms with van der Waals surface area (Å²) in [6.07, 6.45) is 3.33. The molecule has 0 aliphatic heterocycles. The van der Waals surface area contributed by atoms with Gasteiger partial charge in [0.15, 0.2) is 0 Å². The van der Waals surface area contributed by atoms with Crippen LogP contribution in [0.1, 0.15) is 24.1 Å². The molecule has 0 aliphatic carbocycles. The van der Waals surface area contributed by atoms with Crippen LogP contribution in [0.3, 0.4) is 0 Å². The predicted molar refractivity (Wildman–Crippen MR) is 118 cm³/mol. The first-order chi connectivity index (χ1) is 14.0. The van der Waals surface area contributed by atoms with Crippen molar-refractivity contribution >= 4 is 29.4 Å². The molecule has 0 unspecified atom stereocenters. The maximum Gasteiger partial charge on any atom is 0.230 e. The Bertz CT molecular complexity index is 964. The quantitative estimate of drug-likeness (QED) is 0.517. The zero-order valence-corrected chi connectivity index (χ0v) is 18.2. The Balaban J connectivity index is 1.58. The number of carbonyl (C=O) groups excluding carboxylic acids is 1. The van der Waals surface area contributed by atoms with Crippen molar-refractivity contribution in [2.75, 3.05) is 12.9 Å². The van der Waals surface area contributed by atoms with Gasteiger partial charge in [0.2, 0.25) is 5.91 Å². The highest BCUT2D eigenvalue weighted by Crippen LogP contribution is 2.32. The van der Waals surface area contributed by atoms with Gasteiger partial charge in [-0.25, -0.2) is 9.97 Å². The number of aryl methyl sites for hydroxylation is 1. The molecule has 7 heteroatoms. The summed E-state index contributed by atoms with van der Waals surface area (Å²) in [6, 6.07) is 15.8. The molecule has 1 heterocycles. The third-order valence-corrected chi connectivity index (χ3v) is 6.26. The Labute approximate surface area is 179 Å². The zero-order chi connectivity index (χ0) is 20.6. The topological polar surface area (TPSA) is 64.1 Å². The molecule has 0 radical (unpaired) electrons. The average molecular weight is 426 g/mol. The first kappa shape index (κ1) is 21.2. The van der Waals surface area contributed by atoms with Crippen LogP contribution in [0.5, 0.6) is 5.75 Å². The summed E-state index contributed by atoms with van der Waals surface area (Å²) in [4.78, 5) is 22.4. The zero-order valence-electron chi connectivity index (χ0n) is 16.6. The summed E-state index contributed by atoms with van der Waals surface area (Å²) in [5, 5.41) is 4.59. The van der Waals surface area contributed by atoms with E-state index in [1.807, 2.05) is 43.3 Å². The van der Waals surface area contributed by atoms with Crippen molar-refractivity contribution in [1.29, 1.82) is 0 Å². The fourth-order valence-corrected chi connectivity index (χ4v) is 4.50. The minimum atomic E-state index is -0.0861. The van der Waals surface area contributed by atoms with Crippen molar-refractivity contribution in [2.24, 2.45) is 0 Å². The number of aromatic nitrogens is 2. The molecular weight excluding hydrogens is 402 g/mol. The van der Waals surface area contributed by atoms with Gasteiger partial charge in [-0.1, -0.05) is 53.4 Å². The highest BCUT2D eigenvalue weighted by Gasteiger charge is 2.13. The van der Waals surface area contributed by atoms with E-state index < -0.39 is 0 Å². The van der Waals surface area contributed by atoms with E-state index in [4.69, 9.17) is 4.74 Å². The standard InChI is InChI=1S/C22H23N3O2S2/c1-15-5-4-6-19(13-15)29-22-21(23-11-12-24-22)28-14-20(26)25-16(2)17-7-9-18(27-3)10-8-17/h4-13,16H,14H2,1-3H3,(H,25,26)/t16-/m1/s1. The third-order valence-electron chi connectivity index (χ3n) is 4.17. The highest BCUT2D eigenvalue weighted by molar-refractivity contribution is 8.02. The largest absolute Gasteiger partial charge is 0.497 e. The lowest BCUT2D eigenvalue weighted by Gasteiger charge is -2.15. The Hall–Kier alpha value is -2.51. The summed E-state index contributed by atoms with van der Waals surface area (Å²) in [5.41, 5.74) is 2.22. The Morgan fingerprint density at radius 1 is 1.10 bits per heavy atom. The van der Waals surface area contributed by atoms with E-state index in [0.29, 0.717) is 0 Å². The van der Waals surface area contributed by atoms with Gasteiger partial charge in [0.25, 0.3) is 0 Å². The van der Waals surface area contributed by atoms with Gasteiger partial charge in [-0.05, 0) is 43.7 Å². The van der Waals surface area contributed by atoms with Crippen LogP contribution in [0.2, 0.25) is 0 Å². The fraction of sp³-hybridized carbons (Fsp3) is 0.227. The minimum Gasteiger partial charge on any atom is -0.497 e. The number of nitrogens with zero attached hydrogens (tertiary/aromatic N) is 2. The molecule has 29 heavy (non-hydrogen) atoms. The Kier molecular flexibility index (Phi) is 7.55. The number of carbonyl (C=O) groups is 1. The van der Waals surface area contributed by atoms with Crippen LogP contribution in [-0.4, -0.2) is 28.7 Å². The van der Waals surface area contributed by atoms with E-state index in [-0.39, 0.29) is 17.7 Å². The SMILES string of the molecule is COc1ccc([C@@H](C)NC(=O)CSc2nccnc2Sc2cccc(C)c2)cc1. The summed E-state index contributed by atoms with van der Waals surface area (Å²) >= 11 is 2.95. The van der Waals surface area contributed by atoms with Crippen LogP contribution in [0.15, 0.2) is 75.9 Å². The van der Waals surface area contributed by atoms with Crippen molar-refractivity contribution in [3.05, 3.63) is 72.1 Å². The Morgan fingerprint density at radius 3 is 2.52 bits per heavy atom. The summed E-state index contributed by atoms with van der Waals surface area (Å²) < 4.78 is 5.17. The van der Waals surface area contributed by atoms with Crippen LogP contribution in [0.4, 0.5) is 0 Å². The molecule has 150 valence electrons. The van der Waals surface area contributed by atoms with Crippen LogP contribution < -0.4 is 10.1 Å². The molecule has 1 atom stereocenters. The second-order valence-electron chi connectivity index (χ2n) is 6.44. The molecule has 0 fully saturated rings. The molecule has 3 rings (SSSR count). The number of hydrogen-bond donors (Lipinski definition) is 1. The summed E-state index contributed by atoms with van der Waals surface area (Å²) in [5.74, 6) is 1.03. The smallest absolute Gasteiger partial charge is 0.230 e. The lowest BCUT2D eigenvalue weighted by molar-refractivity contribution is -0.119. The van der Waals surface area contributed by atoms with E-state index in [0.717, 1.165) is 26.3 Å². The number of ether oxygens (including phenoxy) is 1. The molecule has 1 amide bonds. The molecule has 0 spiro atoms. The normalized spacial score (nSPS) is 11.7. The van der Waals surface area contributed by atoms with Gasteiger partial charge in [0.05, 0.1) is 18.9 Å². The summed E-state index contributed by atoms with van der Waals surface area (Å²) in [6.45, 7) is 4.02. The third kappa shape index (κ3) is 6.24. The number of methoxy groups -OCH3 is 1. The van der Waals surface area contributed by atoms with Gasteiger partial charge in [-0.2, -0.15) is 0 Å². The van der Waals surface area contributed by atoms with E-state index in [2.05, 4.69) is 34.3 Å². The molecule has 0 aliphatic rings. The van der Waals surface area contributed by atoms with Crippen molar-refractivity contribution in [3.63, 3.8) is 0 Å². The van der Waals surface area contributed by atoms with E-state index in [1.54, 1.807) is 31.3 Å². The van der Waals surface area contributed by atoms with Gasteiger partial charge in [0, 0.05) is 17.3 Å². The minimum absolute atomic E-state index is 0.0459. The van der Waals surface area contributed by atoms with Gasteiger partial charge in [-0.3, -0.25) is 4.79 Å². The monoisotopic (exact) mass is 425 g/mol. The highest BCUT2D eigenvalue weighted by atomic mass is 32.2. The molecule has 1 N–H and O–H groups in total. The molecule has 5 nitrogen and oxygen atoms in total. The maximum absolute atomic E-state index is 12.4. The van der Waals surface area contributed by atoms with Crippen LogP contribution in [0.25, 0.3) is 0 Å². The van der Waals surface area contributed by atoms with Gasteiger partial charge >= 0.3 is 0 Å². The second kappa shape index (κ2) is 10.3. The number of rotatable bonds is 8. The average Bonchev–Trinajstić information content (AvgIpc) is 2.73. The van der Waals surface area contributed by atoms with Gasteiger partial charge < -0.3 is 10.1 Å². The van der Waals surface area contributed by atoms with E-state index in [9.17, 15) is 4.79 Å². The second-order valence-corrected chi connectivity index (χ2v) is 8.46. The molecule has 1 aromatic heterocycles. The lowest BCUT2D eigenvalue weighted by atomic mass is 10.1. The predicted octanol–water partition coefficient (Wildman–Crippen LogP) is 4.91. The molecule has 0 saturated heterocycles. The van der Waals surface area contributed by atoms with Crippen molar-refractivity contribution in [1.82, 2.24) is 15.3 Å². The molecule has 0 saturated carbocycles. The van der Waals surface area contributed by atoms with E-state index >= 15 is 0 Å². The number of hydrogen-bond acceptors (Lipinski definition) is 6. The van der Waals surface area contributed by atoms with Crippen LogP contribution in [-0.2, 0) is 4.79 Å². The number of benzene rings is 2. The Morgan fingerprint density at radius 2 is 1.83 bits per heavy atom. The van der Waals surface area contributed by atoms with Crippen molar-refractivity contribution in [3.8, 4) is 5.75 Å². The first-order valence-corrected chi connectivity index (χ1v) is 11.0. The van der Waals surface area contributed by atoms with Gasteiger partial charge in [0.1, 0.15) is 15.8 Å². The fourth-order valence-electron chi connectivity index (χ4n) is 2.66. The lowest BCUT2D eigenvalue weighted by Crippen LogP contribution is -2.28. The number of amides is 1. The van der Waals surface area contributed by atoms with Crippen molar-refractivity contribution < 1.29 is 9.53 Å². The summed E-state index contributed by atoms with van der Waals surface area (Å²) in [7, 11) is 1.63. The van der Waals surface area contributed by atoms with Gasteiger partial charge in [-0.15, -0.1) is 0 Å². The molecule has 3 aromatic rings. The molecule has 0 bridgehead atoms. The first-order valence-electron chi connectivity index (χ1n) is 9.17. The maximum atomic E-state index is 12.4. The van der Waals surface area contributed by atoms with E-state index in [1.165, 1.54) is 17.3 Å². The number of thioether (sulfide) groups is 1. The van der Waals surface area contributed by atoms with Crippen LogP contribution >= 0.6 is 23.5 Å². The molecular formula is C22H23N3O2S2. The van der Waals surface area contributed by atoms with Crippen LogP contribution in [0, 0.1) is 6.92 Å². The number of nitrogens with one attached hydrogen (secondary N) is 1. The molecule has 2 aromatic carbocycles.